The molecule has 1 heterocycles. The van der Waals surface area contributed by atoms with Crippen molar-refractivity contribution < 1.29 is 14.0 Å². The fraction of sp³-hybridized carbons (Fsp3) is 0.0500. The first-order chi connectivity index (χ1) is 13.0. The van der Waals surface area contributed by atoms with E-state index >= 15 is 0 Å². The number of amides is 2. The second-order valence-electron chi connectivity index (χ2n) is 5.67. The van der Waals surface area contributed by atoms with E-state index in [0.717, 1.165) is 0 Å². The minimum atomic E-state index is -0.504. The maximum atomic E-state index is 13.6. The monoisotopic (exact) mass is 383 g/mol. The van der Waals surface area contributed by atoms with Gasteiger partial charge >= 0.3 is 0 Å². The summed E-state index contributed by atoms with van der Waals surface area (Å²) < 4.78 is 13.6. The lowest BCUT2D eigenvalue weighted by Crippen LogP contribution is -2.25. The molecule has 3 aromatic rings. The van der Waals surface area contributed by atoms with E-state index in [2.05, 4.69) is 15.6 Å². The van der Waals surface area contributed by atoms with E-state index in [0.29, 0.717) is 16.3 Å². The van der Waals surface area contributed by atoms with Gasteiger partial charge in [0, 0.05) is 34.6 Å². The number of carbonyl (C=O) groups excluding carboxylic acids is 2. The fourth-order valence-corrected chi connectivity index (χ4v) is 2.56. The number of carbonyl (C=O) groups is 2. The summed E-state index contributed by atoms with van der Waals surface area (Å²) in [4.78, 5) is 28.6. The number of aromatic nitrogens is 1. The third-order valence-corrected chi connectivity index (χ3v) is 3.97. The molecular weight excluding hydrogens is 369 g/mol. The van der Waals surface area contributed by atoms with Gasteiger partial charge in [-0.1, -0.05) is 35.9 Å². The Balaban J connectivity index is 1.68. The molecule has 3 rings (SSSR count). The van der Waals surface area contributed by atoms with Gasteiger partial charge < -0.3 is 10.6 Å². The zero-order valence-corrected chi connectivity index (χ0v) is 14.8. The molecule has 2 amide bonds. The molecule has 0 bridgehead atoms. The van der Waals surface area contributed by atoms with Gasteiger partial charge in [-0.3, -0.25) is 14.6 Å². The highest BCUT2D eigenvalue weighted by atomic mass is 35.5. The van der Waals surface area contributed by atoms with Crippen LogP contribution >= 0.6 is 11.6 Å². The van der Waals surface area contributed by atoms with Crippen molar-refractivity contribution in [3.05, 3.63) is 94.5 Å². The molecule has 0 saturated heterocycles. The predicted molar refractivity (Wildman–Crippen MR) is 101 cm³/mol. The number of hydrogen-bond acceptors (Lipinski definition) is 3. The number of rotatable bonds is 5. The van der Waals surface area contributed by atoms with E-state index in [-0.39, 0.29) is 17.8 Å². The van der Waals surface area contributed by atoms with Gasteiger partial charge in [0.05, 0.1) is 0 Å². The van der Waals surface area contributed by atoms with Crippen LogP contribution in [0.5, 0.6) is 0 Å². The van der Waals surface area contributed by atoms with Crippen molar-refractivity contribution in [1.29, 1.82) is 0 Å². The molecule has 0 aliphatic rings. The highest BCUT2D eigenvalue weighted by Gasteiger charge is 2.13. The maximum Gasteiger partial charge on any atom is 0.270 e. The Morgan fingerprint density at radius 2 is 1.81 bits per heavy atom. The van der Waals surface area contributed by atoms with Gasteiger partial charge in [-0.25, -0.2) is 4.39 Å². The van der Waals surface area contributed by atoms with Crippen LogP contribution in [0.4, 0.5) is 10.1 Å². The third-order valence-electron chi connectivity index (χ3n) is 3.73. The summed E-state index contributed by atoms with van der Waals surface area (Å²) in [6.45, 7) is 0.0200. The van der Waals surface area contributed by atoms with Crippen LogP contribution in [0.1, 0.15) is 26.4 Å². The lowest BCUT2D eigenvalue weighted by Gasteiger charge is -2.08. The van der Waals surface area contributed by atoms with Crippen LogP contribution in [0.3, 0.4) is 0 Å². The molecule has 136 valence electrons. The second kappa shape index (κ2) is 8.42. The van der Waals surface area contributed by atoms with Crippen molar-refractivity contribution in [3.8, 4) is 0 Å². The normalized spacial score (nSPS) is 10.3. The average Bonchev–Trinajstić information content (AvgIpc) is 2.67. The molecule has 2 aromatic carbocycles. The van der Waals surface area contributed by atoms with Crippen LogP contribution in [0.2, 0.25) is 5.02 Å². The summed E-state index contributed by atoms with van der Waals surface area (Å²) in [5.74, 6) is -1.31. The summed E-state index contributed by atoms with van der Waals surface area (Å²) in [7, 11) is 0. The molecule has 0 unspecified atom stereocenters. The molecule has 7 heteroatoms. The molecule has 0 fully saturated rings. The molecule has 0 saturated carbocycles. The lowest BCUT2D eigenvalue weighted by molar-refractivity contribution is 0.0945. The van der Waals surface area contributed by atoms with Crippen molar-refractivity contribution in [3.63, 3.8) is 0 Å². The lowest BCUT2D eigenvalue weighted by atomic mass is 10.2. The van der Waals surface area contributed by atoms with Crippen molar-refractivity contribution in [1.82, 2.24) is 10.3 Å². The Morgan fingerprint density at radius 3 is 2.59 bits per heavy atom. The smallest absolute Gasteiger partial charge is 0.270 e. The molecule has 1 aromatic heterocycles. The number of hydrogen-bond donors (Lipinski definition) is 2. The highest BCUT2D eigenvalue weighted by molar-refractivity contribution is 6.31. The number of halogens is 2. The first-order valence-electron chi connectivity index (χ1n) is 8.07. The minimum Gasteiger partial charge on any atom is -0.347 e. The summed E-state index contributed by atoms with van der Waals surface area (Å²) in [6.07, 6.45) is 1.37. The van der Waals surface area contributed by atoms with Gasteiger partial charge in [0.2, 0.25) is 0 Å². The molecule has 0 aliphatic heterocycles. The Kier molecular flexibility index (Phi) is 5.78. The maximum absolute atomic E-state index is 13.6. The van der Waals surface area contributed by atoms with E-state index in [9.17, 15) is 14.0 Å². The number of anilines is 1. The largest absolute Gasteiger partial charge is 0.347 e. The highest BCUT2D eigenvalue weighted by Crippen LogP contribution is 2.16. The number of benzene rings is 2. The van der Waals surface area contributed by atoms with Crippen LogP contribution in [-0.2, 0) is 6.54 Å². The molecule has 5 nitrogen and oxygen atoms in total. The molecule has 0 aliphatic carbocycles. The van der Waals surface area contributed by atoms with Gasteiger partial charge in [0.15, 0.2) is 0 Å². The number of nitrogens with one attached hydrogen (secondary N) is 2. The van der Waals surface area contributed by atoms with Crippen LogP contribution in [-0.4, -0.2) is 16.8 Å². The van der Waals surface area contributed by atoms with Crippen LogP contribution in [0.15, 0.2) is 66.9 Å². The summed E-state index contributed by atoms with van der Waals surface area (Å²) in [5.41, 5.74) is 1.22. The van der Waals surface area contributed by atoms with Gasteiger partial charge in [0.1, 0.15) is 11.5 Å². The Bertz CT molecular complexity index is 994. The van der Waals surface area contributed by atoms with Crippen molar-refractivity contribution in [2.45, 2.75) is 6.54 Å². The number of pyridine rings is 1. The molecular formula is C20H15ClFN3O2. The SMILES string of the molecule is O=C(Nc1cccc(Cl)c1)c1ccnc(C(=O)NCc2ccccc2F)c1. The van der Waals surface area contributed by atoms with Crippen LogP contribution in [0, 0.1) is 5.82 Å². The van der Waals surface area contributed by atoms with Gasteiger partial charge in [-0.2, -0.15) is 0 Å². The minimum absolute atomic E-state index is 0.0200. The molecule has 0 atom stereocenters. The summed E-state index contributed by atoms with van der Waals surface area (Å²) in [6, 6.07) is 15.7. The van der Waals surface area contributed by atoms with E-state index < -0.39 is 17.6 Å². The third kappa shape index (κ3) is 4.89. The van der Waals surface area contributed by atoms with Crippen molar-refractivity contribution in [2.24, 2.45) is 0 Å². The fourth-order valence-electron chi connectivity index (χ4n) is 2.37. The molecule has 27 heavy (non-hydrogen) atoms. The Hall–Kier alpha value is -3.25. The van der Waals surface area contributed by atoms with E-state index in [1.54, 1.807) is 42.5 Å². The number of nitrogens with zero attached hydrogens (tertiary/aromatic N) is 1. The van der Waals surface area contributed by atoms with Crippen LogP contribution in [0.25, 0.3) is 0 Å². The summed E-state index contributed by atoms with van der Waals surface area (Å²) >= 11 is 5.90. The predicted octanol–water partition coefficient (Wildman–Crippen LogP) is 4.06. The zero-order valence-electron chi connectivity index (χ0n) is 14.1. The van der Waals surface area contributed by atoms with Gasteiger partial charge in [-0.15, -0.1) is 0 Å². The van der Waals surface area contributed by atoms with Gasteiger partial charge in [0.25, 0.3) is 11.8 Å². The van der Waals surface area contributed by atoms with E-state index in [1.807, 2.05) is 0 Å². The Labute approximate surface area is 160 Å². The standard InChI is InChI=1S/C20H15ClFN3O2/c21-15-5-3-6-16(11-15)25-19(26)13-8-9-23-18(10-13)20(27)24-12-14-4-1-2-7-17(14)22/h1-11H,12H2,(H,24,27)(H,25,26). The van der Waals surface area contributed by atoms with Crippen LogP contribution < -0.4 is 10.6 Å². The Morgan fingerprint density at radius 1 is 1.00 bits per heavy atom. The second-order valence-corrected chi connectivity index (χ2v) is 6.10. The zero-order chi connectivity index (χ0) is 19.2. The molecule has 2 N–H and O–H groups in total. The van der Waals surface area contributed by atoms with E-state index in [1.165, 1.54) is 24.4 Å². The van der Waals surface area contributed by atoms with Crippen molar-refractivity contribution >= 4 is 29.1 Å². The quantitative estimate of drug-likeness (QED) is 0.698. The first-order valence-corrected chi connectivity index (χ1v) is 8.45. The molecule has 0 radical (unpaired) electrons. The molecule has 0 spiro atoms. The average molecular weight is 384 g/mol. The topological polar surface area (TPSA) is 71.1 Å². The van der Waals surface area contributed by atoms with E-state index in [4.69, 9.17) is 11.6 Å². The first kappa shape index (κ1) is 18.5. The van der Waals surface area contributed by atoms with Gasteiger partial charge in [-0.05, 0) is 36.4 Å². The van der Waals surface area contributed by atoms with Crippen molar-refractivity contribution in [2.75, 3.05) is 5.32 Å². The summed E-state index contributed by atoms with van der Waals surface area (Å²) in [5, 5.41) is 5.78.